The maximum atomic E-state index is 14.0. The molecule has 0 aliphatic carbocycles. The van der Waals surface area contributed by atoms with Gasteiger partial charge in [0.25, 0.3) is 5.56 Å². The highest BCUT2D eigenvalue weighted by molar-refractivity contribution is 5.98. The number of nitrogens with two attached hydrogens (primary N) is 1. The number of halogens is 1. The van der Waals surface area contributed by atoms with Crippen LogP contribution in [0.4, 0.5) is 4.39 Å². The Kier molecular flexibility index (Phi) is 5.95. The first kappa shape index (κ1) is 23.5. The molecule has 1 atom stereocenters. The number of benzene rings is 2. The number of fused-ring (bicyclic) bond motifs is 2. The van der Waals surface area contributed by atoms with Gasteiger partial charge in [0.15, 0.2) is 0 Å². The zero-order valence-electron chi connectivity index (χ0n) is 19.8. The summed E-state index contributed by atoms with van der Waals surface area (Å²) in [6.07, 6.45) is 3.30. The zero-order chi connectivity index (χ0) is 24.8. The van der Waals surface area contributed by atoms with Crippen molar-refractivity contribution >= 4 is 27.9 Å². The number of aryl methyl sites for hydroxylation is 2. The van der Waals surface area contributed by atoms with Crippen LogP contribution in [-0.4, -0.2) is 32.1 Å². The molecule has 4 rings (SSSR count). The minimum atomic E-state index is -0.881. The number of aromatic nitrogens is 3. The van der Waals surface area contributed by atoms with Crippen LogP contribution in [0.2, 0.25) is 0 Å². The number of carbonyl (C=O) groups is 1. The summed E-state index contributed by atoms with van der Waals surface area (Å²) >= 11 is 0. The van der Waals surface area contributed by atoms with Gasteiger partial charge in [-0.3, -0.25) is 19.6 Å². The van der Waals surface area contributed by atoms with Gasteiger partial charge >= 0.3 is 5.97 Å². The SMILES string of the molecule is Cc1c(-c2ccc(C[C@H](N)C(=O)OC(C)(C)C)c3nccnc23)c(=O)n(C)c2ccc(F)cc12. The van der Waals surface area contributed by atoms with Gasteiger partial charge in [0.2, 0.25) is 0 Å². The van der Waals surface area contributed by atoms with Crippen molar-refractivity contribution < 1.29 is 13.9 Å². The molecule has 0 saturated heterocycles. The molecule has 2 aromatic carbocycles. The molecule has 0 fully saturated rings. The predicted octanol–water partition coefficient (Wildman–Crippen LogP) is 3.81. The summed E-state index contributed by atoms with van der Waals surface area (Å²) in [5.41, 5.74) is 9.33. The molecule has 2 aromatic heterocycles. The molecule has 2 N–H and O–H groups in total. The van der Waals surface area contributed by atoms with Crippen LogP contribution in [0.25, 0.3) is 33.1 Å². The molecule has 4 aromatic rings. The maximum Gasteiger partial charge on any atom is 0.323 e. The van der Waals surface area contributed by atoms with E-state index in [0.717, 1.165) is 0 Å². The predicted molar refractivity (Wildman–Crippen MR) is 130 cm³/mol. The van der Waals surface area contributed by atoms with Crippen LogP contribution in [0, 0.1) is 12.7 Å². The summed E-state index contributed by atoms with van der Waals surface area (Å²) in [6.45, 7) is 7.15. The molecule has 0 aliphatic heterocycles. The lowest BCUT2D eigenvalue weighted by atomic mass is 9.94. The molecule has 7 nitrogen and oxygen atoms in total. The third-order valence-electron chi connectivity index (χ3n) is 5.74. The fraction of sp³-hybridized carbons (Fsp3) is 0.308. The standard InChI is InChI=1S/C26H27FN4O3/c1-14-18-13-16(27)7-9-20(18)31(5)24(32)21(14)17-8-6-15(22-23(17)30-11-10-29-22)12-19(28)25(33)34-26(2,3)4/h6-11,13,19H,12,28H2,1-5H3/t19-/m0/s1. The number of carbonyl (C=O) groups excluding carboxylic acids is 1. The van der Waals surface area contributed by atoms with Gasteiger partial charge in [0.1, 0.15) is 17.5 Å². The van der Waals surface area contributed by atoms with Gasteiger partial charge in [-0.25, -0.2) is 4.39 Å². The molecule has 176 valence electrons. The van der Waals surface area contributed by atoms with E-state index in [1.165, 1.54) is 16.7 Å². The Bertz CT molecular complexity index is 1490. The Labute approximate surface area is 196 Å². The van der Waals surface area contributed by atoms with Crippen LogP contribution in [0.15, 0.2) is 47.5 Å². The van der Waals surface area contributed by atoms with Gasteiger partial charge in [0.05, 0.1) is 22.1 Å². The first-order valence-corrected chi connectivity index (χ1v) is 11.0. The van der Waals surface area contributed by atoms with Crippen LogP contribution in [0.5, 0.6) is 0 Å². The summed E-state index contributed by atoms with van der Waals surface area (Å²) in [7, 11) is 1.66. The molecule has 0 radical (unpaired) electrons. The van der Waals surface area contributed by atoms with Crippen molar-refractivity contribution in [1.29, 1.82) is 0 Å². The van der Waals surface area contributed by atoms with Crippen LogP contribution in [0.3, 0.4) is 0 Å². The molecule has 8 heteroatoms. The minimum absolute atomic E-state index is 0.199. The van der Waals surface area contributed by atoms with E-state index in [2.05, 4.69) is 9.97 Å². The normalized spacial score (nSPS) is 12.8. The molecule has 0 bridgehead atoms. The summed E-state index contributed by atoms with van der Waals surface area (Å²) in [6, 6.07) is 7.06. The number of hydrogen-bond acceptors (Lipinski definition) is 6. The second-order valence-electron chi connectivity index (χ2n) is 9.40. The van der Waals surface area contributed by atoms with Crippen molar-refractivity contribution in [2.24, 2.45) is 12.8 Å². The Balaban J connectivity index is 1.87. The van der Waals surface area contributed by atoms with Crippen molar-refractivity contribution in [2.45, 2.75) is 45.8 Å². The van der Waals surface area contributed by atoms with E-state index in [0.29, 0.717) is 44.2 Å². The summed E-state index contributed by atoms with van der Waals surface area (Å²) in [5.74, 6) is -0.883. The van der Waals surface area contributed by atoms with Crippen molar-refractivity contribution in [3.63, 3.8) is 0 Å². The molecule has 0 saturated carbocycles. The Hall–Kier alpha value is -3.65. The van der Waals surface area contributed by atoms with Crippen LogP contribution >= 0.6 is 0 Å². The van der Waals surface area contributed by atoms with Gasteiger partial charge in [-0.15, -0.1) is 0 Å². The quantitative estimate of drug-likeness (QED) is 0.463. The zero-order valence-corrected chi connectivity index (χ0v) is 19.8. The lowest BCUT2D eigenvalue weighted by Gasteiger charge is -2.22. The topological polar surface area (TPSA) is 100 Å². The average molecular weight is 463 g/mol. The number of nitrogens with zero attached hydrogens (tertiary/aromatic N) is 3. The third kappa shape index (κ3) is 4.28. The highest BCUT2D eigenvalue weighted by Crippen LogP contribution is 2.32. The number of hydrogen-bond donors (Lipinski definition) is 1. The molecule has 2 heterocycles. The van der Waals surface area contributed by atoms with E-state index in [1.54, 1.807) is 65.3 Å². The molecule has 34 heavy (non-hydrogen) atoms. The van der Waals surface area contributed by atoms with Gasteiger partial charge in [-0.2, -0.15) is 0 Å². The van der Waals surface area contributed by atoms with Crippen LogP contribution < -0.4 is 11.3 Å². The van der Waals surface area contributed by atoms with Gasteiger partial charge < -0.3 is 15.0 Å². The molecule has 0 amide bonds. The lowest BCUT2D eigenvalue weighted by Crippen LogP contribution is -2.38. The first-order valence-electron chi connectivity index (χ1n) is 11.0. The van der Waals surface area contributed by atoms with Crippen molar-refractivity contribution in [2.75, 3.05) is 0 Å². The second-order valence-corrected chi connectivity index (χ2v) is 9.40. The van der Waals surface area contributed by atoms with Gasteiger partial charge in [0, 0.05) is 36.8 Å². The first-order chi connectivity index (χ1) is 16.0. The van der Waals surface area contributed by atoms with Crippen molar-refractivity contribution in [3.05, 3.63) is 70.0 Å². The van der Waals surface area contributed by atoms with Gasteiger partial charge in [-0.1, -0.05) is 12.1 Å². The molecule has 0 aliphatic rings. The molecule has 0 spiro atoms. The highest BCUT2D eigenvalue weighted by atomic mass is 19.1. The number of esters is 1. The van der Waals surface area contributed by atoms with E-state index in [1.807, 2.05) is 0 Å². The van der Waals surface area contributed by atoms with E-state index < -0.39 is 17.6 Å². The van der Waals surface area contributed by atoms with E-state index in [4.69, 9.17) is 10.5 Å². The Morgan fingerprint density at radius 3 is 2.50 bits per heavy atom. The second kappa shape index (κ2) is 8.61. The smallest absolute Gasteiger partial charge is 0.323 e. The third-order valence-corrected chi connectivity index (χ3v) is 5.74. The summed E-state index contributed by atoms with van der Waals surface area (Å²) in [5, 5.41) is 0.644. The maximum absolute atomic E-state index is 14.0. The lowest BCUT2D eigenvalue weighted by molar-refractivity contribution is -0.156. The number of rotatable bonds is 4. The highest BCUT2D eigenvalue weighted by Gasteiger charge is 2.24. The summed E-state index contributed by atoms with van der Waals surface area (Å²) in [4.78, 5) is 34.7. The fourth-order valence-corrected chi connectivity index (χ4v) is 4.17. The average Bonchev–Trinajstić information content (AvgIpc) is 2.77. The van der Waals surface area contributed by atoms with Crippen molar-refractivity contribution in [1.82, 2.24) is 14.5 Å². The van der Waals surface area contributed by atoms with Gasteiger partial charge in [-0.05, 0) is 57.0 Å². The monoisotopic (exact) mass is 462 g/mol. The number of ether oxygens (including phenoxy) is 1. The van der Waals surface area contributed by atoms with E-state index in [-0.39, 0.29) is 17.8 Å². The minimum Gasteiger partial charge on any atom is -0.459 e. The molecule has 0 unspecified atom stereocenters. The largest absolute Gasteiger partial charge is 0.459 e. The fourth-order valence-electron chi connectivity index (χ4n) is 4.17. The van der Waals surface area contributed by atoms with E-state index in [9.17, 15) is 14.0 Å². The molecular weight excluding hydrogens is 435 g/mol. The van der Waals surface area contributed by atoms with E-state index >= 15 is 0 Å². The van der Waals surface area contributed by atoms with Crippen molar-refractivity contribution in [3.8, 4) is 11.1 Å². The molecular formula is C26H27FN4O3. The Morgan fingerprint density at radius 2 is 1.82 bits per heavy atom. The Morgan fingerprint density at radius 1 is 1.15 bits per heavy atom. The summed E-state index contributed by atoms with van der Waals surface area (Å²) < 4.78 is 20.9. The van der Waals surface area contributed by atoms with Crippen LogP contribution in [0.1, 0.15) is 31.9 Å². The van der Waals surface area contributed by atoms with Crippen LogP contribution in [-0.2, 0) is 23.0 Å². The number of pyridine rings is 1.